The summed E-state index contributed by atoms with van der Waals surface area (Å²) in [6.45, 7) is 0.892. The monoisotopic (exact) mass is 366 g/mol. The van der Waals surface area contributed by atoms with Crippen molar-refractivity contribution >= 4 is 11.0 Å². The number of unbranched alkanes of at least 4 members (excludes halogenated alkanes) is 3. The minimum Gasteiger partial charge on any atom is -0.394 e. The summed E-state index contributed by atoms with van der Waals surface area (Å²) in [6.07, 6.45) is 2.87. The lowest BCUT2D eigenvalue weighted by atomic mass is 10.1. The molecule has 3 heterocycles. The van der Waals surface area contributed by atoms with E-state index in [1.165, 1.54) is 10.9 Å². The van der Waals surface area contributed by atoms with E-state index in [0.717, 1.165) is 25.7 Å². The summed E-state index contributed by atoms with van der Waals surface area (Å²) in [5, 5.41) is 29.3. The van der Waals surface area contributed by atoms with Crippen LogP contribution in [0.25, 0.3) is 11.0 Å². The normalized spacial score (nSPS) is 26.0. The van der Waals surface area contributed by atoms with Crippen LogP contribution in [0.15, 0.2) is 23.4 Å². The summed E-state index contributed by atoms with van der Waals surface area (Å²) in [5.74, 6) is 0. The molecule has 9 nitrogen and oxygen atoms in total. The summed E-state index contributed by atoms with van der Waals surface area (Å²) < 4.78 is 8.66. The minimum atomic E-state index is -1.21. The maximum atomic E-state index is 12.6. The number of aliphatic hydroxyl groups is 3. The summed E-state index contributed by atoms with van der Waals surface area (Å²) in [7, 11) is 0. The fraction of sp³-hybridized carbons (Fsp3) is 0.647. The van der Waals surface area contributed by atoms with Gasteiger partial charge in [-0.1, -0.05) is 12.8 Å². The van der Waals surface area contributed by atoms with Gasteiger partial charge in [0.05, 0.1) is 18.5 Å². The number of nitrogens with two attached hydrogens (primary N) is 1. The highest BCUT2D eigenvalue weighted by molar-refractivity contribution is 5.74. The maximum absolute atomic E-state index is 12.6. The first kappa shape index (κ1) is 19.0. The summed E-state index contributed by atoms with van der Waals surface area (Å²) in [4.78, 5) is 16.8. The number of imidazole rings is 1. The van der Waals surface area contributed by atoms with Gasteiger partial charge in [0, 0.05) is 12.7 Å². The number of hydrogen-bond donors (Lipinski definition) is 4. The quantitative estimate of drug-likeness (QED) is 0.455. The van der Waals surface area contributed by atoms with Gasteiger partial charge in [0.15, 0.2) is 11.7 Å². The number of aromatic nitrogens is 3. The number of nitrogens with zero attached hydrogens (tertiary/aromatic N) is 3. The number of ether oxygens (including phenoxy) is 1. The first-order chi connectivity index (χ1) is 12.6. The van der Waals surface area contributed by atoms with E-state index in [1.54, 1.807) is 16.8 Å². The van der Waals surface area contributed by atoms with Crippen LogP contribution in [0.3, 0.4) is 0 Å². The van der Waals surface area contributed by atoms with Crippen LogP contribution in [0.5, 0.6) is 0 Å². The van der Waals surface area contributed by atoms with E-state index in [2.05, 4.69) is 4.98 Å². The molecule has 1 aliphatic heterocycles. The molecule has 26 heavy (non-hydrogen) atoms. The largest absolute Gasteiger partial charge is 0.394 e. The Morgan fingerprint density at radius 2 is 1.96 bits per heavy atom. The van der Waals surface area contributed by atoms with Gasteiger partial charge in [0.2, 0.25) is 0 Å². The molecule has 0 aliphatic carbocycles. The van der Waals surface area contributed by atoms with E-state index in [4.69, 9.17) is 10.5 Å². The summed E-state index contributed by atoms with van der Waals surface area (Å²) in [5.41, 5.74) is 6.07. The van der Waals surface area contributed by atoms with E-state index >= 15 is 0 Å². The second-order valence-electron chi connectivity index (χ2n) is 6.63. The van der Waals surface area contributed by atoms with Crippen LogP contribution < -0.4 is 11.3 Å². The zero-order valence-corrected chi connectivity index (χ0v) is 14.6. The van der Waals surface area contributed by atoms with E-state index < -0.39 is 31.1 Å². The zero-order valence-electron chi connectivity index (χ0n) is 14.6. The molecule has 4 atom stereocenters. The van der Waals surface area contributed by atoms with Gasteiger partial charge in [-0.3, -0.25) is 4.79 Å². The molecule has 0 bridgehead atoms. The third-order valence-corrected chi connectivity index (χ3v) is 4.85. The number of aryl methyl sites for hydroxylation is 1. The van der Waals surface area contributed by atoms with Crippen molar-refractivity contribution in [2.75, 3.05) is 13.2 Å². The van der Waals surface area contributed by atoms with Crippen LogP contribution in [0, 0.1) is 0 Å². The average Bonchev–Trinajstić information content (AvgIpc) is 3.19. The maximum Gasteiger partial charge on any atom is 0.278 e. The molecule has 144 valence electrons. The Balaban J connectivity index is 1.79. The van der Waals surface area contributed by atoms with Crippen molar-refractivity contribution in [2.24, 2.45) is 5.73 Å². The number of fused-ring (bicyclic) bond motifs is 1. The molecule has 0 amide bonds. The van der Waals surface area contributed by atoms with Crippen molar-refractivity contribution in [3.05, 3.63) is 28.9 Å². The topological polar surface area (TPSA) is 136 Å². The van der Waals surface area contributed by atoms with Crippen LogP contribution in [-0.2, 0) is 11.3 Å². The third-order valence-electron chi connectivity index (χ3n) is 4.85. The van der Waals surface area contributed by atoms with Gasteiger partial charge in [-0.25, -0.2) is 4.98 Å². The second kappa shape index (κ2) is 8.28. The Labute approximate surface area is 150 Å². The first-order valence-corrected chi connectivity index (χ1v) is 8.97. The fourth-order valence-corrected chi connectivity index (χ4v) is 3.33. The Morgan fingerprint density at radius 1 is 1.19 bits per heavy atom. The van der Waals surface area contributed by atoms with Crippen LogP contribution >= 0.6 is 0 Å². The first-order valence-electron chi connectivity index (χ1n) is 8.97. The highest BCUT2D eigenvalue weighted by Crippen LogP contribution is 2.31. The number of pyridine rings is 1. The van der Waals surface area contributed by atoms with E-state index in [-0.39, 0.29) is 11.1 Å². The van der Waals surface area contributed by atoms with Gasteiger partial charge in [-0.2, -0.15) is 0 Å². The predicted molar refractivity (Wildman–Crippen MR) is 94.5 cm³/mol. The SMILES string of the molecule is NCCCCCCn1ccc2c(ncn2[C@@H]2O[C@H](CO)[C@@H](O)[C@H]2O)c1=O. The molecule has 1 fully saturated rings. The summed E-state index contributed by atoms with van der Waals surface area (Å²) in [6, 6.07) is 1.75. The number of aliphatic hydroxyl groups excluding tert-OH is 3. The Kier molecular flexibility index (Phi) is 6.05. The van der Waals surface area contributed by atoms with Crippen molar-refractivity contribution in [3.8, 4) is 0 Å². The van der Waals surface area contributed by atoms with E-state index in [0.29, 0.717) is 18.6 Å². The van der Waals surface area contributed by atoms with Crippen molar-refractivity contribution in [1.82, 2.24) is 14.1 Å². The average molecular weight is 366 g/mol. The lowest BCUT2D eigenvalue weighted by Crippen LogP contribution is -2.33. The summed E-state index contributed by atoms with van der Waals surface area (Å²) >= 11 is 0. The van der Waals surface area contributed by atoms with Gasteiger partial charge >= 0.3 is 0 Å². The molecule has 0 spiro atoms. The van der Waals surface area contributed by atoms with E-state index in [9.17, 15) is 20.1 Å². The molecular weight excluding hydrogens is 340 g/mol. The van der Waals surface area contributed by atoms with Crippen LogP contribution in [0.1, 0.15) is 31.9 Å². The fourth-order valence-electron chi connectivity index (χ4n) is 3.33. The molecular formula is C17H26N4O5. The van der Waals surface area contributed by atoms with Crippen molar-refractivity contribution in [2.45, 2.75) is 56.8 Å². The van der Waals surface area contributed by atoms with Gasteiger partial charge in [-0.15, -0.1) is 0 Å². The smallest absolute Gasteiger partial charge is 0.278 e. The second-order valence-corrected chi connectivity index (χ2v) is 6.63. The molecule has 0 saturated carbocycles. The van der Waals surface area contributed by atoms with E-state index in [1.807, 2.05) is 0 Å². The van der Waals surface area contributed by atoms with Gasteiger partial charge in [0.1, 0.15) is 18.3 Å². The van der Waals surface area contributed by atoms with Gasteiger partial charge in [-0.05, 0) is 25.5 Å². The molecule has 1 aliphatic rings. The zero-order chi connectivity index (χ0) is 18.7. The molecule has 0 unspecified atom stereocenters. The van der Waals surface area contributed by atoms with Gasteiger partial charge in [0.25, 0.3) is 5.56 Å². The standard InChI is InChI=1S/C17H26N4O5/c18-6-3-1-2-4-7-20-8-5-11-13(16(20)25)19-10-21(11)17-15(24)14(23)12(9-22)26-17/h5,8,10,12,14-15,17,22-24H,1-4,6-7,9,18H2/t12-,14-,15-,17-/m1/s1. The molecule has 9 heteroatoms. The molecule has 1 saturated heterocycles. The van der Waals surface area contributed by atoms with Crippen LogP contribution in [-0.4, -0.2) is 60.9 Å². The number of rotatable bonds is 8. The van der Waals surface area contributed by atoms with Crippen molar-refractivity contribution in [3.63, 3.8) is 0 Å². The lowest BCUT2D eigenvalue weighted by Gasteiger charge is -2.17. The predicted octanol–water partition coefficient (Wildman–Crippen LogP) is -0.671. The van der Waals surface area contributed by atoms with Crippen LogP contribution in [0.4, 0.5) is 0 Å². The van der Waals surface area contributed by atoms with Gasteiger partial charge < -0.3 is 34.9 Å². The molecule has 2 aromatic rings. The van der Waals surface area contributed by atoms with Crippen LogP contribution in [0.2, 0.25) is 0 Å². The third kappa shape index (κ3) is 3.53. The lowest BCUT2D eigenvalue weighted by molar-refractivity contribution is -0.0508. The Morgan fingerprint density at radius 3 is 2.65 bits per heavy atom. The highest BCUT2D eigenvalue weighted by Gasteiger charge is 2.43. The van der Waals surface area contributed by atoms with Crippen molar-refractivity contribution in [1.29, 1.82) is 0 Å². The Bertz CT molecular complexity index is 789. The molecule has 0 aromatic carbocycles. The van der Waals surface area contributed by atoms with Crippen molar-refractivity contribution < 1.29 is 20.1 Å². The molecule has 0 radical (unpaired) electrons. The highest BCUT2D eigenvalue weighted by atomic mass is 16.6. The Hall–Kier alpha value is -1.78. The minimum absolute atomic E-state index is 0.202. The molecule has 5 N–H and O–H groups in total. The number of hydrogen-bond acceptors (Lipinski definition) is 7. The molecule has 3 rings (SSSR count). The molecule has 2 aromatic heterocycles.